The molecule has 1 rings (SSSR count). The van der Waals surface area contributed by atoms with E-state index in [9.17, 15) is 10.1 Å². The first-order chi connectivity index (χ1) is 8.62. The Morgan fingerprint density at radius 1 is 1.50 bits per heavy atom. The van der Waals surface area contributed by atoms with Crippen LogP contribution in [0.3, 0.4) is 0 Å². The monoisotopic (exact) mass is 247 g/mol. The minimum atomic E-state index is -1.34. The van der Waals surface area contributed by atoms with Crippen LogP contribution in [0.4, 0.5) is 0 Å². The lowest BCUT2D eigenvalue weighted by molar-refractivity contribution is -0.151. The number of methoxy groups -OCH3 is 1. The summed E-state index contributed by atoms with van der Waals surface area (Å²) in [5.74, 6) is -0.946. The minimum absolute atomic E-state index is 0.0617. The molecule has 0 saturated carbocycles. The third-order valence-electron chi connectivity index (χ3n) is 3.29. The predicted octanol–water partition coefficient (Wildman–Crippen LogP) is 1.86. The van der Waals surface area contributed by atoms with E-state index in [1.54, 1.807) is 6.92 Å². The number of nitrogens with zero attached hydrogens (tertiary/aromatic N) is 1. The second-order valence-electron chi connectivity index (χ2n) is 4.18. The van der Waals surface area contributed by atoms with Gasteiger partial charge in [0, 0.05) is 18.9 Å². The van der Waals surface area contributed by atoms with Crippen LogP contribution in [-0.4, -0.2) is 24.8 Å². The van der Waals surface area contributed by atoms with E-state index in [4.69, 9.17) is 9.84 Å². The lowest BCUT2D eigenvalue weighted by Crippen LogP contribution is -2.37. The van der Waals surface area contributed by atoms with Crippen LogP contribution < -0.4 is 0 Å². The van der Waals surface area contributed by atoms with Gasteiger partial charge in [-0.15, -0.1) is 0 Å². The van der Waals surface area contributed by atoms with E-state index < -0.39 is 11.4 Å². The van der Waals surface area contributed by atoms with E-state index in [2.05, 4.69) is 0 Å². The highest BCUT2D eigenvalue weighted by Gasteiger charge is 2.45. The Balaban J connectivity index is 3.19. The van der Waals surface area contributed by atoms with E-state index in [-0.39, 0.29) is 18.9 Å². The smallest absolute Gasteiger partial charge is 0.326 e. The maximum Gasteiger partial charge on any atom is 0.326 e. The van der Waals surface area contributed by atoms with Crippen LogP contribution in [0.5, 0.6) is 0 Å². The number of carbonyl (C=O) groups is 1. The lowest BCUT2D eigenvalue weighted by Gasteiger charge is -2.29. The van der Waals surface area contributed by atoms with Gasteiger partial charge in [-0.25, -0.2) is 0 Å². The fraction of sp³-hybridized carbons (Fsp3) is 0.429. The number of esters is 1. The molecule has 96 valence electrons. The molecule has 0 aliphatic carbocycles. The molecule has 0 amide bonds. The van der Waals surface area contributed by atoms with Crippen molar-refractivity contribution in [1.29, 1.82) is 5.26 Å². The standard InChI is InChI=1S/C14H17NO3/c1-11(12-6-4-3-5-7-12)14(10-15,8-9-16)13(17)18-2/h3-7,11,16H,8-9H2,1-2H3. The summed E-state index contributed by atoms with van der Waals surface area (Å²) in [6, 6.07) is 11.3. The van der Waals surface area contributed by atoms with Gasteiger partial charge >= 0.3 is 5.97 Å². The van der Waals surface area contributed by atoms with Gasteiger partial charge in [0.15, 0.2) is 5.41 Å². The molecule has 2 unspecified atom stereocenters. The van der Waals surface area contributed by atoms with Crippen LogP contribution in [0.15, 0.2) is 30.3 Å². The predicted molar refractivity (Wildman–Crippen MR) is 66.6 cm³/mol. The molecule has 4 nitrogen and oxygen atoms in total. The SMILES string of the molecule is COC(=O)C(C#N)(CCO)C(C)c1ccccc1. The number of aliphatic hydroxyl groups is 1. The van der Waals surface area contributed by atoms with Crippen molar-refractivity contribution in [2.45, 2.75) is 19.3 Å². The quantitative estimate of drug-likeness (QED) is 0.806. The average Bonchev–Trinajstić information content (AvgIpc) is 2.44. The van der Waals surface area contributed by atoms with Crippen LogP contribution in [0.2, 0.25) is 0 Å². The minimum Gasteiger partial charge on any atom is -0.468 e. The Hall–Kier alpha value is -1.86. The number of rotatable bonds is 5. The first-order valence-corrected chi connectivity index (χ1v) is 5.78. The molecular weight excluding hydrogens is 230 g/mol. The maximum absolute atomic E-state index is 11.9. The van der Waals surface area contributed by atoms with Crippen LogP contribution in [0, 0.1) is 16.7 Å². The van der Waals surface area contributed by atoms with Crippen molar-refractivity contribution in [3.05, 3.63) is 35.9 Å². The molecule has 1 aromatic rings. The van der Waals surface area contributed by atoms with Crippen molar-refractivity contribution in [2.75, 3.05) is 13.7 Å². The van der Waals surface area contributed by atoms with Gasteiger partial charge in [-0.2, -0.15) is 5.26 Å². The number of ether oxygens (including phenoxy) is 1. The van der Waals surface area contributed by atoms with Crippen molar-refractivity contribution in [3.8, 4) is 6.07 Å². The molecule has 1 aromatic carbocycles. The van der Waals surface area contributed by atoms with Crippen LogP contribution in [0.25, 0.3) is 0 Å². The van der Waals surface area contributed by atoms with Crippen LogP contribution in [0.1, 0.15) is 24.8 Å². The largest absolute Gasteiger partial charge is 0.468 e. The van der Waals surface area contributed by atoms with Gasteiger partial charge in [0.05, 0.1) is 13.2 Å². The zero-order valence-corrected chi connectivity index (χ0v) is 10.6. The number of aliphatic hydroxyl groups excluding tert-OH is 1. The van der Waals surface area contributed by atoms with Crippen molar-refractivity contribution >= 4 is 5.97 Å². The highest BCUT2D eigenvalue weighted by Crippen LogP contribution is 2.39. The average molecular weight is 247 g/mol. The Bertz CT molecular complexity index is 438. The van der Waals surface area contributed by atoms with Gasteiger partial charge < -0.3 is 9.84 Å². The Morgan fingerprint density at radius 3 is 2.56 bits per heavy atom. The highest BCUT2D eigenvalue weighted by molar-refractivity contribution is 5.81. The number of hydrogen-bond donors (Lipinski definition) is 1. The van der Waals surface area contributed by atoms with Gasteiger partial charge in [0.1, 0.15) is 0 Å². The number of benzene rings is 1. The summed E-state index contributed by atoms with van der Waals surface area (Å²) in [4.78, 5) is 11.9. The summed E-state index contributed by atoms with van der Waals surface area (Å²) in [6.45, 7) is 1.56. The van der Waals surface area contributed by atoms with E-state index >= 15 is 0 Å². The normalized spacial score (nSPS) is 15.2. The number of carbonyl (C=O) groups excluding carboxylic acids is 1. The lowest BCUT2D eigenvalue weighted by atomic mass is 9.72. The molecule has 4 heteroatoms. The molecule has 0 bridgehead atoms. The molecule has 2 atom stereocenters. The molecule has 18 heavy (non-hydrogen) atoms. The number of hydrogen-bond acceptors (Lipinski definition) is 4. The van der Waals surface area contributed by atoms with Crippen molar-refractivity contribution in [1.82, 2.24) is 0 Å². The van der Waals surface area contributed by atoms with Crippen molar-refractivity contribution < 1.29 is 14.6 Å². The second-order valence-corrected chi connectivity index (χ2v) is 4.18. The van der Waals surface area contributed by atoms with Crippen LogP contribution >= 0.6 is 0 Å². The molecule has 0 aromatic heterocycles. The first kappa shape index (κ1) is 14.2. The zero-order chi connectivity index (χ0) is 13.6. The first-order valence-electron chi connectivity index (χ1n) is 5.78. The molecule has 0 heterocycles. The zero-order valence-electron chi connectivity index (χ0n) is 10.6. The molecule has 0 aliphatic heterocycles. The van der Waals surface area contributed by atoms with Gasteiger partial charge in [0.25, 0.3) is 0 Å². The summed E-state index contributed by atoms with van der Waals surface area (Å²) in [6.07, 6.45) is 0.0617. The molecule has 1 N–H and O–H groups in total. The summed E-state index contributed by atoms with van der Waals surface area (Å²) >= 11 is 0. The van der Waals surface area contributed by atoms with Gasteiger partial charge in [-0.05, 0) is 5.56 Å². The molecule has 0 saturated heterocycles. The molecule has 0 spiro atoms. The van der Waals surface area contributed by atoms with Crippen LogP contribution in [-0.2, 0) is 9.53 Å². The highest BCUT2D eigenvalue weighted by atomic mass is 16.5. The van der Waals surface area contributed by atoms with E-state index in [0.29, 0.717) is 0 Å². The molecule has 0 fully saturated rings. The summed E-state index contributed by atoms with van der Waals surface area (Å²) in [5, 5.41) is 18.5. The van der Waals surface area contributed by atoms with Crippen molar-refractivity contribution in [3.63, 3.8) is 0 Å². The van der Waals surface area contributed by atoms with Gasteiger partial charge in [0.2, 0.25) is 0 Å². The summed E-state index contributed by atoms with van der Waals surface area (Å²) in [5.41, 5.74) is -0.469. The number of nitriles is 1. The van der Waals surface area contributed by atoms with E-state index in [0.717, 1.165) is 5.56 Å². The third kappa shape index (κ3) is 2.52. The summed E-state index contributed by atoms with van der Waals surface area (Å²) in [7, 11) is 1.25. The molecule has 0 aliphatic rings. The maximum atomic E-state index is 11.9. The van der Waals surface area contributed by atoms with Gasteiger partial charge in [-0.1, -0.05) is 37.3 Å². The Morgan fingerprint density at radius 2 is 2.11 bits per heavy atom. The third-order valence-corrected chi connectivity index (χ3v) is 3.29. The van der Waals surface area contributed by atoms with E-state index in [1.807, 2.05) is 36.4 Å². The van der Waals surface area contributed by atoms with Crippen molar-refractivity contribution in [2.24, 2.45) is 5.41 Å². The summed E-state index contributed by atoms with van der Waals surface area (Å²) < 4.78 is 4.73. The Labute approximate surface area is 107 Å². The second kappa shape index (κ2) is 6.18. The molecular formula is C14H17NO3. The Kier molecular flexibility index (Phi) is 4.87. The van der Waals surface area contributed by atoms with E-state index in [1.165, 1.54) is 7.11 Å². The topological polar surface area (TPSA) is 70.3 Å². The van der Waals surface area contributed by atoms with Gasteiger partial charge in [-0.3, -0.25) is 4.79 Å². The fourth-order valence-corrected chi connectivity index (χ4v) is 2.08. The molecule has 0 radical (unpaired) electrons. The fourth-order valence-electron chi connectivity index (χ4n) is 2.08.